The number of carbonyl (C=O) groups excluding carboxylic acids is 2. The largest absolute Gasteiger partial charge is 0.479 e. The zero-order valence-corrected chi connectivity index (χ0v) is 15.5. The molecule has 3 aromatic rings. The van der Waals surface area contributed by atoms with E-state index in [4.69, 9.17) is 13.9 Å². The molecule has 0 aliphatic heterocycles. The van der Waals surface area contributed by atoms with Gasteiger partial charge in [0.1, 0.15) is 22.9 Å². The number of amides is 1. The summed E-state index contributed by atoms with van der Waals surface area (Å²) in [5.74, 6) is -0.633. The van der Waals surface area contributed by atoms with Gasteiger partial charge in [0.2, 0.25) is 0 Å². The molecule has 0 bridgehead atoms. The molecule has 3 rings (SSSR count). The van der Waals surface area contributed by atoms with E-state index in [9.17, 15) is 14.0 Å². The highest BCUT2D eigenvalue weighted by molar-refractivity contribution is 5.82. The predicted molar refractivity (Wildman–Crippen MR) is 100 cm³/mol. The second kappa shape index (κ2) is 8.56. The molecular formula is C21H20FNO5. The van der Waals surface area contributed by atoms with Crippen LogP contribution in [0.25, 0.3) is 11.0 Å². The van der Waals surface area contributed by atoms with Crippen LogP contribution in [-0.2, 0) is 14.3 Å². The number of benzene rings is 2. The smallest absolute Gasteiger partial charge is 0.347 e. The SMILES string of the molecule is C[C@H](NC(=O)COC(=O)[C@@H](C)Oc1ccc(F)cc1)c1cc2ccccc2o1. The molecule has 0 saturated carbocycles. The molecule has 0 radical (unpaired) electrons. The summed E-state index contributed by atoms with van der Waals surface area (Å²) in [5, 5.41) is 3.66. The summed E-state index contributed by atoms with van der Waals surface area (Å²) in [6.45, 7) is 2.82. The number of para-hydroxylation sites is 1. The number of rotatable bonds is 7. The van der Waals surface area contributed by atoms with Crippen molar-refractivity contribution in [2.75, 3.05) is 6.61 Å². The Labute approximate surface area is 161 Å². The zero-order valence-electron chi connectivity index (χ0n) is 15.5. The van der Waals surface area contributed by atoms with Crippen molar-refractivity contribution in [3.63, 3.8) is 0 Å². The van der Waals surface area contributed by atoms with Crippen molar-refractivity contribution in [3.8, 4) is 5.75 Å². The molecular weight excluding hydrogens is 365 g/mol. The van der Waals surface area contributed by atoms with E-state index in [1.165, 1.54) is 31.2 Å². The van der Waals surface area contributed by atoms with Crippen LogP contribution < -0.4 is 10.1 Å². The van der Waals surface area contributed by atoms with Crippen LogP contribution in [-0.4, -0.2) is 24.6 Å². The lowest BCUT2D eigenvalue weighted by molar-refractivity contribution is -0.154. The van der Waals surface area contributed by atoms with Crippen molar-refractivity contribution in [3.05, 3.63) is 66.2 Å². The first kappa shape index (κ1) is 19.4. The fourth-order valence-corrected chi connectivity index (χ4v) is 2.59. The van der Waals surface area contributed by atoms with Crippen molar-refractivity contribution in [2.24, 2.45) is 0 Å². The van der Waals surface area contributed by atoms with Crippen LogP contribution in [0.15, 0.2) is 59.0 Å². The molecule has 0 spiro atoms. The van der Waals surface area contributed by atoms with E-state index in [2.05, 4.69) is 5.32 Å². The minimum atomic E-state index is -0.939. The number of nitrogens with one attached hydrogen (secondary N) is 1. The zero-order chi connectivity index (χ0) is 20.1. The van der Waals surface area contributed by atoms with Crippen molar-refractivity contribution in [1.82, 2.24) is 5.32 Å². The monoisotopic (exact) mass is 385 g/mol. The first-order valence-electron chi connectivity index (χ1n) is 8.79. The van der Waals surface area contributed by atoms with E-state index in [1.54, 1.807) is 6.92 Å². The summed E-state index contributed by atoms with van der Waals surface area (Å²) in [4.78, 5) is 24.0. The third-order valence-corrected chi connectivity index (χ3v) is 4.05. The third kappa shape index (κ3) is 4.88. The Hall–Kier alpha value is -3.35. The molecule has 28 heavy (non-hydrogen) atoms. The van der Waals surface area contributed by atoms with Gasteiger partial charge >= 0.3 is 5.97 Å². The van der Waals surface area contributed by atoms with Gasteiger partial charge in [-0.3, -0.25) is 4.79 Å². The molecule has 0 aliphatic carbocycles. The van der Waals surface area contributed by atoms with Crippen LogP contribution in [0.5, 0.6) is 5.75 Å². The number of hydrogen-bond acceptors (Lipinski definition) is 5. The molecule has 7 heteroatoms. The highest BCUT2D eigenvalue weighted by atomic mass is 19.1. The van der Waals surface area contributed by atoms with Gasteiger partial charge in [-0.25, -0.2) is 9.18 Å². The second-order valence-corrected chi connectivity index (χ2v) is 6.30. The lowest BCUT2D eigenvalue weighted by Gasteiger charge is -2.15. The van der Waals surface area contributed by atoms with Gasteiger partial charge in [-0.05, 0) is 50.2 Å². The van der Waals surface area contributed by atoms with Gasteiger partial charge in [0.05, 0.1) is 6.04 Å². The molecule has 0 fully saturated rings. The van der Waals surface area contributed by atoms with Crippen molar-refractivity contribution < 1.29 is 27.9 Å². The van der Waals surface area contributed by atoms with E-state index >= 15 is 0 Å². The molecule has 2 atom stereocenters. The van der Waals surface area contributed by atoms with Gasteiger partial charge in [-0.1, -0.05) is 18.2 Å². The standard InChI is InChI=1S/C21H20FNO5/c1-13(19-11-15-5-3-4-6-18(15)28-19)23-20(24)12-26-21(25)14(2)27-17-9-7-16(22)8-10-17/h3-11,13-14H,12H2,1-2H3,(H,23,24)/t13-,14+/m0/s1. The van der Waals surface area contributed by atoms with Gasteiger partial charge in [0.15, 0.2) is 12.7 Å². The maximum absolute atomic E-state index is 12.9. The Kier molecular flexibility index (Phi) is 5.93. The van der Waals surface area contributed by atoms with Crippen LogP contribution in [0.1, 0.15) is 25.6 Å². The van der Waals surface area contributed by atoms with Gasteiger partial charge in [-0.2, -0.15) is 0 Å². The number of hydrogen-bond donors (Lipinski definition) is 1. The minimum Gasteiger partial charge on any atom is -0.479 e. The van der Waals surface area contributed by atoms with Gasteiger partial charge in [0.25, 0.3) is 5.91 Å². The molecule has 0 saturated heterocycles. The van der Waals surface area contributed by atoms with E-state index in [0.29, 0.717) is 11.5 Å². The van der Waals surface area contributed by atoms with Crippen molar-refractivity contribution in [2.45, 2.75) is 26.0 Å². The van der Waals surface area contributed by atoms with Crippen LogP contribution in [0.3, 0.4) is 0 Å². The van der Waals surface area contributed by atoms with Crippen LogP contribution in [0.2, 0.25) is 0 Å². The van der Waals surface area contributed by atoms with Crippen LogP contribution >= 0.6 is 0 Å². The Morgan fingerprint density at radius 3 is 2.54 bits per heavy atom. The van der Waals surface area contributed by atoms with Gasteiger partial charge in [0, 0.05) is 5.39 Å². The number of esters is 1. The first-order chi connectivity index (χ1) is 13.4. The van der Waals surface area contributed by atoms with E-state index in [0.717, 1.165) is 11.0 Å². The summed E-state index contributed by atoms with van der Waals surface area (Å²) in [7, 11) is 0. The molecule has 0 aliphatic rings. The second-order valence-electron chi connectivity index (χ2n) is 6.30. The topological polar surface area (TPSA) is 77.8 Å². The third-order valence-electron chi connectivity index (χ3n) is 4.05. The van der Waals surface area contributed by atoms with E-state index in [-0.39, 0.29) is 6.04 Å². The molecule has 1 amide bonds. The summed E-state index contributed by atoms with van der Waals surface area (Å²) in [6, 6.07) is 14.3. The van der Waals surface area contributed by atoms with E-state index < -0.39 is 30.4 Å². The molecule has 1 heterocycles. The predicted octanol–water partition coefficient (Wildman–Crippen LogP) is 3.76. The number of fused-ring (bicyclic) bond motifs is 1. The summed E-state index contributed by atoms with van der Waals surface area (Å²) < 4.78 is 28.9. The van der Waals surface area contributed by atoms with Crippen molar-refractivity contribution in [1.29, 1.82) is 0 Å². The maximum Gasteiger partial charge on any atom is 0.347 e. The Morgan fingerprint density at radius 2 is 1.82 bits per heavy atom. The molecule has 2 aromatic carbocycles. The highest BCUT2D eigenvalue weighted by Gasteiger charge is 2.19. The molecule has 0 unspecified atom stereocenters. The minimum absolute atomic E-state index is 0.328. The normalized spacial score (nSPS) is 13.0. The average Bonchev–Trinajstić information content (AvgIpc) is 3.12. The summed E-state index contributed by atoms with van der Waals surface area (Å²) >= 11 is 0. The maximum atomic E-state index is 12.9. The van der Waals surface area contributed by atoms with Gasteiger partial charge in [-0.15, -0.1) is 0 Å². The summed E-state index contributed by atoms with van der Waals surface area (Å²) in [6.07, 6.45) is -0.939. The lowest BCUT2D eigenvalue weighted by atomic mass is 10.2. The van der Waals surface area contributed by atoms with Crippen LogP contribution in [0, 0.1) is 5.82 Å². The number of furan rings is 1. The molecule has 1 aromatic heterocycles. The van der Waals surface area contributed by atoms with Crippen molar-refractivity contribution >= 4 is 22.8 Å². The Balaban J connectivity index is 1.47. The summed E-state index contributed by atoms with van der Waals surface area (Å²) in [5.41, 5.74) is 0.733. The Morgan fingerprint density at radius 1 is 1.11 bits per heavy atom. The Bertz CT molecular complexity index is 933. The highest BCUT2D eigenvalue weighted by Crippen LogP contribution is 2.23. The fourth-order valence-electron chi connectivity index (χ4n) is 2.59. The van der Waals surface area contributed by atoms with E-state index in [1.807, 2.05) is 30.3 Å². The molecule has 146 valence electrons. The quantitative estimate of drug-likeness (QED) is 0.627. The number of halogens is 1. The molecule has 1 N–H and O–H groups in total. The number of carbonyl (C=O) groups is 2. The van der Waals surface area contributed by atoms with Gasteiger partial charge < -0.3 is 19.2 Å². The average molecular weight is 385 g/mol. The van der Waals surface area contributed by atoms with Crippen LogP contribution in [0.4, 0.5) is 4.39 Å². The lowest BCUT2D eigenvalue weighted by Crippen LogP contribution is -2.34. The number of ether oxygens (including phenoxy) is 2. The fraction of sp³-hybridized carbons (Fsp3) is 0.238. The first-order valence-corrected chi connectivity index (χ1v) is 8.79. The molecule has 6 nitrogen and oxygen atoms in total.